The van der Waals surface area contributed by atoms with Gasteiger partial charge in [-0.1, -0.05) is 133 Å². The minimum absolute atomic E-state index is 0.855. The van der Waals surface area contributed by atoms with Crippen molar-refractivity contribution in [2.75, 3.05) is 0 Å². The van der Waals surface area contributed by atoms with Gasteiger partial charge >= 0.3 is 0 Å². The molecule has 4 nitrogen and oxygen atoms in total. The van der Waals surface area contributed by atoms with Gasteiger partial charge < -0.3 is 9.13 Å². The summed E-state index contributed by atoms with van der Waals surface area (Å²) < 4.78 is 4.83. The lowest BCUT2D eigenvalue weighted by Crippen LogP contribution is -1.99. The average Bonchev–Trinajstić information content (AvgIpc) is 3.72. The Hall–Kier alpha value is -7.04. The smallest absolute Gasteiger partial charge is 0.0973 e. The summed E-state index contributed by atoms with van der Waals surface area (Å²) in [6.07, 6.45) is 0. The van der Waals surface area contributed by atoms with Crippen molar-refractivity contribution in [2.24, 2.45) is 0 Å². The summed E-state index contributed by atoms with van der Waals surface area (Å²) in [7, 11) is 0. The molecule has 0 aliphatic carbocycles. The molecule has 4 heteroatoms. The summed E-state index contributed by atoms with van der Waals surface area (Å²) in [5.74, 6) is 0. The Morgan fingerprint density at radius 2 is 0.923 bits per heavy atom. The van der Waals surface area contributed by atoms with Gasteiger partial charge in [-0.2, -0.15) is 0 Å². The van der Waals surface area contributed by atoms with Crippen LogP contribution in [0.15, 0.2) is 182 Å². The van der Waals surface area contributed by atoms with Gasteiger partial charge in [0.05, 0.1) is 44.5 Å². The van der Waals surface area contributed by atoms with Gasteiger partial charge in [0.1, 0.15) is 0 Å². The molecule has 0 aliphatic rings. The van der Waals surface area contributed by atoms with Crippen LogP contribution in [0.3, 0.4) is 0 Å². The predicted octanol–water partition coefficient (Wildman–Crippen LogP) is 12.3. The zero-order valence-electron chi connectivity index (χ0n) is 28.1. The second-order valence-electron chi connectivity index (χ2n) is 13.4. The van der Waals surface area contributed by atoms with Crippen molar-refractivity contribution in [1.82, 2.24) is 19.1 Å². The molecule has 0 N–H and O–H groups in total. The molecular formula is C48H30N4. The Bertz CT molecular complexity index is 3160. The number of aromatic nitrogens is 4. The van der Waals surface area contributed by atoms with Crippen LogP contribution in [0, 0.1) is 0 Å². The number of hydrogen-bond donors (Lipinski definition) is 0. The normalized spacial score (nSPS) is 11.8. The third kappa shape index (κ3) is 4.28. The number of hydrogen-bond acceptors (Lipinski definition) is 2. The Kier molecular flexibility index (Phi) is 6.22. The topological polar surface area (TPSA) is 35.6 Å². The predicted molar refractivity (Wildman–Crippen MR) is 217 cm³/mol. The number of rotatable bonds is 4. The molecule has 0 saturated carbocycles. The lowest BCUT2D eigenvalue weighted by Gasteiger charge is -2.13. The summed E-state index contributed by atoms with van der Waals surface area (Å²) in [5.41, 5.74) is 12.5. The highest BCUT2D eigenvalue weighted by Crippen LogP contribution is 2.42. The monoisotopic (exact) mass is 662 g/mol. The molecule has 52 heavy (non-hydrogen) atoms. The first kappa shape index (κ1) is 28.8. The maximum Gasteiger partial charge on any atom is 0.0973 e. The van der Waals surface area contributed by atoms with Gasteiger partial charge in [0.2, 0.25) is 0 Å². The van der Waals surface area contributed by atoms with Crippen LogP contribution in [-0.2, 0) is 0 Å². The van der Waals surface area contributed by atoms with Crippen molar-refractivity contribution >= 4 is 65.4 Å². The van der Waals surface area contributed by atoms with Gasteiger partial charge in [-0.05, 0) is 53.9 Å². The van der Waals surface area contributed by atoms with Gasteiger partial charge in [0.25, 0.3) is 0 Å². The summed E-state index contributed by atoms with van der Waals surface area (Å²) in [6, 6.07) is 64.7. The molecule has 0 radical (unpaired) electrons. The van der Waals surface area contributed by atoms with E-state index in [0.29, 0.717) is 0 Å². The molecule has 3 heterocycles. The molecule has 242 valence electrons. The molecule has 0 bridgehead atoms. The summed E-state index contributed by atoms with van der Waals surface area (Å²) in [4.78, 5) is 10.6. The van der Waals surface area contributed by atoms with E-state index in [4.69, 9.17) is 9.97 Å². The minimum Gasteiger partial charge on any atom is -0.309 e. The Labute approximate surface area is 299 Å². The standard InChI is InChI=1S/C48H30N4/c1-4-15-32(16-5-1)46-47(33-17-6-2-7-18-33)50-42-28-35(25-27-41(42)49-46)51-43-23-13-12-22-37(43)39-29-40-38-26-24-31-14-10-11-21-36(31)48(38)52(45(40)30-44(39)51)34-19-8-3-9-20-34/h1-30H. The first-order chi connectivity index (χ1) is 25.8. The molecule has 0 aliphatic heterocycles. The van der Waals surface area contributed by atoms with Crippen LogP contribution in [0.4, 0.5) is 0 Å². The van der Waals surface area contributed by atoms with Gasteiger partial charge in [-0.3, -0.25) is 0 Å². The first-order valence-electron chi connectivity index (χ1n) is 17.7. The molecule has 0 saturated heterocycles. The maximum atomic E-state index is 5.33. The third-order valence-electron chi connectivity index (χ3n) is 10.5. The van der Waals surface area contributed by atoms with E-state index in [9.17, 15) is 0 Å². The van der Waals surface area contributed by atoms with Crippen molar-refractivity contribution in [2.45, 2.75) is 0 Å². The molecule has 0 amide bonds. The second kappa shape index (κ2) is 11.2. The van der Waals surface area contributed by atoms with Gasteiger partial charge in [-0.25, -0.2) is 9.97 Å². The highest BCUT2D eigenvalue weighted by atomic mass is 15.0. The van der Waals surface area contributed by atoms with Crippen LogP contribution >= 0.6 is 0 Å². The molecule has 11 aromatic rings. The van der Waals surface area contributed by atoms with Crippen molar-refractivity contribution in [3.8, 4) is 33.9 Å². The van der Waals surface area contributed by atoms with Crippen molar-refractivity contribution in [3.63, 3.8) is 0 Å². The largest absolute Gasteiger partial charge is 0.309 e. The maximum absolute atomic E-state index is 5.33. The average molecular weight is 663 g/mol. The van der Waals surface area contributed by atoms with Crippen LogP contribution in [0.1, 0.15) is 0 Å². The van der Waals surface area contributed by atoms with E-state index < -0.39 is 0 Å². The molecular weight excluding hydrogens is 633 g/mol. The van der Waals surface area contributed by atoms with Crippen LogP contribution < -0.4 is 0 Å². The van der Waals surface area contributed by atoms with Gasteiger partial charge in [0.15, 0.2) is 0 Å². The van der Waals surface area contributed by atoms with Crippen molar-refractivity contribution in [3.05, 3.63) is 182 Å². The fourth-order valence-corrected chi connectivity index (χ4v) is 8.14. The Morgan fingerprint density at radius 3 is 1.67 bits per heavy atom. The van der Waals surface area contributed by atoms with Crippen LogP contribution in [0.25, 0.3) is 99.3 Å². The molecule has 11 rings (SSSR count). The molecule has 0 unspecified atom stereocenters. The zero-order valence-corrected chi connectivity index (χ0v) is 28.1. The fourth-order valence-electron chi connectivity index (χ4n) is 8.14. The molecule has 0 spiro atoms. The lowest BCUT2D eigenvalue weighted by atomic mass is 10.0. The SMILES string of the molecule is c1ccc(-c2nc3ccc(-n4c5ccccc5c5cc6c7ccc8ccccc8c7n(-c7ccccc7)c6cc54)cc3nc2-c2ccccc2)cc1. The summed E-state index contributed by atoms with van der Waals surface area (Å²) in [5, 5.41) is 7.41. The van der Waals surface area contributed by atoms with Crippen molar-refractivity contribution < 1.29 is 0 Å². The van der Waals surface area contributed by atoms with E-state index in [1.165, 1.54) is 43.4 Å². The number of benzene rings is 8. The van der Waals surface area contributed by atoms with E-state index in [-0.39, 0.29) is 0 Å². The summed E-state index contributed by atoms with van der Waals surface area (Å²) >= 11 is 0. The van der Waals surface area contributed by atoms with E-state index in [1.807, 2.05) is 12.1 Å². The zero-order chi connectivity index (χ0) is 34.2. The lowest BCUT2D eigenvalue weighted by molar-refractivity contribution is 1.17. The molecule has 0 fully saturated rings. The Balaban J connectivity index is 1.22. The molecule has 0 atom stereocenters. The van der Waals surface area contributed by atoms with Gasteiger partial charge in [-0.15, -0.1) is 0 Å². The highest BCUT2D eigenvalue weighted by molar-refractivity contribution is 6.23. The number of para-hydroxylation sites is 2. The number of fused-ring (bicyclic) bond motifs is 9. The quantitative estimate of drug-likeness (QED) is 0.188. The van der Waals surface area contributed by atoms with E-state index in [2.05, 4.69) is 179 Å². The summed E-state index contributed by atoms with van der Waals surface area (Å²) in [6.45, 7) is 0. The van der Waals surface area contributed by atoms with E-state index >= 15 is 0 Å². The minimum atomic E-state index is 0.855. The fraction of sp³-hybridized carbons (Fsp3) is 0. The Morgan fingerprint density at radius 1 is 0.327 bits per heavy atom. The van der Waals surface area contributed by atoms with E-state index in [0.717, 1.165) is 56.0 Å². The molecule has 3 aromatic heterocycles. The highest BCUT2D eigenvalue weighted by Gasteiger charge is 2.20. The van der Waals surface area contributed by atoms with Gasteiger partial charge in [0, 0.05) is 49.4 Å². The van der Waals surface area contributed by atoms with Crippen molar-refractivity contribution in [1.29, 1.82) is 0 Å². The third-order valence-corrected chi connectivity index (χ3v) is 10.5. The molecule has 8 aromatic carbocycles. The van der Waals surface area contributed by atoms with Crippen LogP contribution in [0.5, 0.6) is 0 Å². The van der Waals surface area contributed by atoms with Crippen LogP contribution in [0.2, 0.25) is 0 Å². The number of nitrogens with zero attached hydrogens (tertiary/aromatic N) is 4. The first-order valence-corrected chi connectivity index (χ1v) is 17.7. The van der Waals surface area contributed by atoms with E-state index in [1.54, 1.807) is 0 Å². The van der Waals surface area contributed by atoms with Crippen LogP contribution in [-0.4, -0.2) is 19.1 Å². The second-order valence-corrected chi connectivity index (χ2v) is 13.4.